The first-order valence-electron chi connectivity index (χ1n) is 25.9. The standard InChI is InChI=1S/C58H72N6O11S/c1-38-19-28-76-53(38)45-11-9-39(10-12-45)33-62-56(69)49-31-46(65)36-64(49)57(70)54(58(2,3)4)63-52(67)37-75-27-26-74-25-24-73-23-22-72-21-20-59-51(66)30-40-7-6-8-41(29-40)34-61-55(68)48-32-47(50(71-5)35-60-48)44-17-15-43(16-18-44)42-13-14-42/h6-12,15-19,28-29,32,35,42,46,49,54,65H,13-14,20-27,30-31,33-34,36-37H2,1-5H3,(H,59,66)(H,61,68)(H,62,69)(H,63,67)/t46-,49+,54-/m1/s1. The van der Waals surface area contributed by atoms with Gasteiger partial charge in [-0.2, -0.15) is 0 Å². The molecule has 0 spiro atoms. The normalized spacial score (nSPS) is 15.7. The van der Waals surface area contributed by atoms with E-state index in [-0.39, 0.29) is 75.7 Å². The van der Waals surface area contributed by atoms with E-state index in [0.717, 1.165) is 33.4 Å². The number of rotatable bonds is 28. The van der Waals surface area contributed by atoms with Crippen molar-refractivity contribution in [2.24, 2.45) is 5.41 Å². The Balaban J connectivity index is 0.705. The van der Waals surface area contributed by atoms with Crippen molar-refractivity contribution in [1.82, 2.24) is 31.2 Å². The topological polar surface area (TPSA) is 216 Å². The molecule has 1 saturated heterocycles. The number of thiophene rings is 1. The van der Waals surface area contributed by atoms with Crippen LogP contribution in [0.5, 0.6) is 5.75 Å². The maximum absolute atomic E-state index is 13.9. The molecule has 0 bridgehead atoms. The van der Waals surface area contributed by atoms with Gasteiger partial charge in [0.1, 0.15) is 30.1 Å². The fourth-order valence-electron chi connectivity index (χ4n) is 8.84. The molecule has 3 heterocycles. The number of likely N-dealkylation sites (tertiary alicyclic amines) is 1. The average molecular weight is 1060 g/mol. The first-order chi connectivity index (χ1) is 36.7. The number of aryl methyl sites for hydroxylation is 1. The molecule has 5 N–H and O–H groups in total. The van der Waals surface area contributed by atoms with Gasteiger partial charge in [0.2, 0.25) is 23.6 Å². The lowest BCUT2D eigenvalue weighted by molar-refractivity contribution is -0.144. The van der Waals surface area contributed by atoms with Gasteiger partial charge in [-0.05, 0) is 87.6 Å². The van der Waals surface area contributed by atoms with Gasteiger partial charge in [-0.15, -0.1) is 11.3 Å². The molecule has 5 aromatic rings. The predicted molar refractivity (Wildman–Crippen MR) is 290 cm³/mol. The number of hydrogen-bond acceptors (Lipinski definition) is 13. The third-order valence-corrected chi connectivity index (χ3v) is 14.2. The molecule has 76 heavy (non-hydrogen) atoms. The molecule has 0 unspecified atom stereocenters. The van der Waals surface area contributed by atoms with Gasteiger partial charge < -0.3 is 55.0 Å². The number of pyridine rings is 1. The summed E-state index contributed by atoms with van der Waals surface area (Å²) in [6.07, 6.45) is 3.42. The minimum Gasteiger partial charge on any atom is -0.494 e. The zero-order valence-electron chi connectivity index (χ0n) is 44.2. The number of carbonyl (C=O) groups is 5. The van der Waals surface area contributed by atoms with E-state index in [2.05, 4.69) is 68.9 Å². The van der Waals surface area contributed by atoms with Crippen LogP contribution in [0.3, 0.4) is 0 Å². The van der Waals surface area contributed by atoms with E-state index in [1.54, 1.807) is 30.7 Å². The molecular formula is C58H72N6O11S. The van der Waals surface area contributed by atoms with Crippen molar-refractivity contribution in [3.63, 3.8) is 0 Å². The Bertz CT molecular complexity index is 2720. The van der Waals surface area contributed by atoms with Crippen LogP contribution in [0.2, 0.25) is 0 Å². The minimum absolute atomic E-state index is 0.0210. The molecule has 5 amide bonds. The van der Waals surface area contributed by atoms with E-state index in [9.17, 15) is 29.1 Å². The van der Waals surface area contributed by atoms with Crippen molar-refractivity contribution < 1.29 is 52.8 Å². The van der Waals surface area contributed by atoms with Crippen LogP contribution in [-0.2, 0) is 57.6 Å². The van der Waals surface area contributed by atoms with Crippen molar-refractivity contribution in [2.45, 2.75) is 90.6 Å². The molecule has 17 nitrogen and oxygen atoms in total. The van der Waals surface area contributed by atoms with Crippen LogP contribution in [0.25, 0.3) is 21.6 Å². The summed E-state index contributed by atoms with van der Waals surface area (Å²) in [5.41, 5.74) is 7.54. The molecule has 18 heteroatoms. The summed E-state index contributed by atoms with van der Waals surface area (Å²) in [4.78, 5) is 73.1. The fourth-order valence-corrected chi connectivity index (χ4v) is 9.77. The van der Waals surface area contributed by atoms with Crippen LogP contribution in [0.4, 0.5) is 0 Å². The van der Waals surface area contributed by atoms with Gasteiger partial charge >= 0.3 is 0 Å². The highest BCUT2D eigenvalue weighted by Crippen LogP contribution is 2.41. The highest BCUT2D eigenvalue weighted by molar-refractivity contribution is 7.13. The molecule has 2 fully saturated rings. The number of carbonyl (C=O) groups excluding carboxylic acids is 5. The molecule has 3 aromatic carbocycles. The number of methoxy groups -OCH3 is 1. The van der Waals surface area contributed by atoms with Gasteiger partial charge in [0.05, 0.1) is 72.1 Å². The highest BCUT2D eigenvalue weighted by atomic mass is 32.1. The molecule has 0 radical (unpaired) electrons. The zero-order chi connectivity index (χ0) is 54.0. The Hall–Kier alpha value is -6.54. The molecular weight excluding hydrogens is 989 g/mol. The summed E-state index contributed by atoms with van der Waals surface area (Å²) >= 11 is 1.68. The molecule has 7 rings (SSSR count). The van der Waals surface area contributed by atoms with Crippen molar-refractivity contribution in [3.05, 3.63) is 130 Å². The fraction of sp³-hybridized carbons (Fsp3) is 0.448. The van der Waals surface area contributed by atoms with Crippen LogP contribution in [0, 0.1) is 12.3 Å². The second-order valence-corrected chi connectivity index (χ2v) is 21.1. The number of amides is 5. The van der Waals surface area contributed by atoms with Gasteiger partial charge in [-0.3, -0.25) is 24.0 Å². The van der Waals surface area contributed by atoms with Crippen molar-refractivity contribution >= 4 is 40.9 Å². The first-order valence-corrected chi connectivity index (χ1v) is 26.8. The van der Waals surface area contributed by atoms with E-state index in [4.69, 9.17) is 23.7 Å². The number of β-amino-alcohol motifs (C(OH)–C–C–N with tert-alkyl or cyclic N) is 1. The number of aromatic nitrogens is 1. The van der Waals surface area contributed by atoms with E-state index in [0.29, 0.717) is 51.2 Å². The Morgan fingerprint density at radius 1 is 0.763 bits per heavy atom. The molecule has 3 atom stereocenters. The van der Waals surface area contributed by atoms with Crippen molar-refractivity contribution in [3.8, 4) is 27.3 Å². The van der Waals surface area contributed by atoms with Crippen molar-refractivity contribution in [2.75, 3.05) is 73.1 Å². The highest BCUT2D eigenvalue weighted by Gasteiger charge is 2.44. The van der Waals surface area contributed by atoms with Crippen LogP contribution in [0.15, 0.2) is 96.5 Å². The lowest BCUT2D eigenvalue weighted by atomic mass is 9.85. The summed E-state index contributed by atoms with van der Waals surface area (Å²) in [6.45, 7) is 10.0. The van der Waals surface area contributed by atoms with Crippen molar-refractivity contribution in [1.29, 1.82) is 0 Å². The second-order valence-electron chi connectivity index (χ2n) is 20.2. The molecule has 2 aliphatic rings. The molecule has 2 aromatic heterocycles. The minimum atomic E-state index is -0.974. The van der Waals surface area contributed by atoms with E-state index >= 15 is 0 Å². The maximum Gasteiger partial charge on any atom is 0.270 e. The summed E-state index contributed by atoms with van der Waals surface area (Å²) in [7, 11) is 1.59. The number of hydrogen-bond donors (Lipinski definition) is 5. The zero-order valence-corrected chi connectivity index (χ0v) is 45.0. The Morgan fingerprint density at radius 2 is 1.42 bits per heavy atom. The van der Waals surface area contributed by atoms with Crippen LogP contribution < -0.4 is 26.0 Å². The Morgan fingerprint density at radius 3 is 2.08 bits per heavy atom. The quantitative estimate of drug-likeness (QED) is 0.0358. The average Bonchev–Trinajstić information content (AvgIpc) is 4.06. The van der Waals surface area contributed by atoms with Crippen LogP contribution >= 0.6 is 11.3 Å². The number of ether oxygens (including phenoxy) is 5. The Kier molecular flexibility index (Phi) is 21.1. The number of aliphatic hydroxyl groups excluding tert-OH is 1. The molecule has 406 valence electrons. The lowest BCUT2D eigenvalue weighted by Crippen LogP contribution is -2.58. The van der Waals surface area contributed by atoms with Gasteiger partial charge in [0.25, 0.3) is 5.91 Å². The number of benzene rings is 3. The predicted octanol–water partition coefficient (Wildman–Crippen LogP) is 6.14. The second kappa shape index (κ2) is 28.0. The molecule has 1 aliphatic heterocycles. The SMILES string of the molecule is COc1cnc(C(=O)NCc2cccc(CC(=O)NCCOCCOCCOCCOCC(=O)N[C@H](C(=O)N3C[C@H](O)C[C@H]3C(=O)NCc3ccc(-c4sccc4C)cc3)C(C)(C)C)c2)cc1-c1ccc(C2CC2)cc1. The summed E-state index contributed by atoms with van der Waals surface area (Å²) < 4.78 is 27.8. The number of aliphatic hydroxyl groups is 1. The van der Waals surface area contributed by atoms with Crippen LogP contribution in [0.1, 0.15) is 84.3 Å². The third kappa shape index (κ3) is 17.0. The lowest BCUT2D eigenvalue weighted by Gasteiger charge is -2.35. The maximum atomic E-state index is 13.9. The van der Waals surface area contributed by atoms with E-state index < -0.39 is 35.4 Å². The van der Waals surface area contributed by atoms with Gasteiger partial charge in [0.15, 0.2) is 0 Å². The summed E-state index contributed by atoms with van der Waals surface area (Å²) in [5, 5.41) is 24.1. The third-order valence-electron chi connectivity index (χ3n) is 13.1. The summed E-state index contributed by atoms with van der Waals surface area (Å²) in [6, 6.07) is 25.8. The summed E-state index contributed by atoms with van der Waals surface area (Å²) in [5.74, 6) is -0.540. The molecule has 1 saturated carbocycles. The number of nitrogens with one attached hydrogen (secondary N) is 4. The Labute approximate surface area is 449 Å². The van der Waals surface area contributed by atoms with Crippen LogP contribution in [-0.4, -0.2) is 136 Å². The van der Waals surface area contributed by atoms with E-state index in [1.807, 2.05) is 69.3 Å². The monoisotopic (exact) mass is 1060 g/mol. The van der Waals surface area contributed by atoms with Gasteiger partial charge in [0, 0.05) is 43.0 Å². The van der Waals surface area contributed by atoms with Gasteiger partial charge in [-0.25, -0.2) is 4.98 Å². The first kappa shape index (κ1) is 57.2. The van der Waals surface area contributed by atoms with E-state index in [1.165, 1.54) is 33.7 Å². The number of nitrogens with zero attached hydrogens (tertiary/aromatic N) is 2. The smallest absolute Gasteiger partial charge is 0.270 e. The van der Waals surface area contributed by atoms with Gasteiger partial charge in [-0.1, -0.05) is 93.6 Å². The largest absolute Gasteiger partial charge is 0.494 e. The molecule has 1 aliphatic carbocycles.